The van der Waals surface area contributed by atoms with E-state index in [-0.39, 0.29) is 53.2 Å². The van der Waals surface area contributed by atoms with Crippen LogP contribution in [0.15, 0.2) is 0 Å². The Morgan fingerprint density at radius 3 is 2.22 bits per heavy atom. The summed E-state index contributed by atoms with van der Waals surface area (Å²) in [6, 6.07) is 0. The molecule has 1 aliphatic heterocycles. The number of hydrogen-bond acceptors (Lipinski definition) is 3. The summed E-state index contributed by atoms with van der Waals surface area (Å²) in [5, 5.41) is 5.40. The third-order valence-corrected chi connectivity index (χ3v) is 4.73. The van der Waals surface area contributed by atoms with E-state index in [1.54, 1.807) is 0 Å². The molecule has 1 saturated carbocycles. The first-order chi connectivity index (χ1) is 7.94. The summed E-state index contributed by atoms with van der Waals surface area (Å²) in [6.45, 7) is 6.16. The Bertz CT molecular complexity index is 346. The topological polar surface area (TPSA) is 58.2 Å². The molecule has 0 radical (unpaired) electrons. The maximum atomic E-state index is 12.3. The zero-order chi connectivity index (χ0) is 12.8. The van der Waals surface area contributed by atoms with Crippen LogP contribution < -0.4 is 40.2 Å². The normalized spacial score (nSPS) is 43.3. The minimum atomic E-state index is -0.899. The monoisotopic (exact) mass is 278 g/mol. The van der Waals surface area contributed by atoms with Crippen molar-refractivity contribution in [1.29, 1.82) is 0 Å². The van der Waals surface area contributed by atoms with Crippen molar-refractivity contribution in [3.63, 3.8) is 0 Å². The van der Waals surface area contributed by atoms with Crippen molar-refractivity contribution >= 4 is 24.4 Å². The summed E-state index contributed by atoms with van der Waals surface area (Å²) in [7, 11) is 0. The van der Waals surface area contributed by atoms with Crippen LogP contribution in [0.3, 0.4) is 0 Å². The van der Waals surface area contributed by atoms with E-state index in [2.05, 4.69) is 17.6 Å². The molecular weight excluding hydrogens is 259 g/mol. The van der Waals surface area contributed by atoms with E-state index in [1.807, 2.05) is 13.8 Å². The minimum Gasteiger partial charge on any atom is -0.747 e. The van der Waals surface area contributed by atoms with Crippen LogP contribution in [0.2, 0.25) is 0 Å². The fourth-order valence-electron chi connectivity index (χ4n) is 3.85. The van der Waals surface area contributed by atoms with Gasteiger partial charge in [-0.3, -0.25) is 9.59 Å². The van der Waals surface area contributed by atoms with Gasteiger partial charge in [-0.05, 0) is 29.7 Å². The van der Waals surface area contributed by atoms with Gasteiger partial charge in [0.25, 0.3) is 0 Å². The first-order valence-electron chi connectivity index (χ1n) is 6.22. The van der Waals surface area contributed by atoms with Crippen molar-refractivity contribution in [3.8, 4) is 0 Å². The predicted octanol–water partition coefficient (Wildman–Crippen LogP) is -2.24. The van der Waals surface area contributed by atoms with Crippen LogP contribution in [-0.2, 0) is 22.2 Å². The average Bonchev–Trinajstić information content (AvgIpc) is 2.47. The second kappa shape index (κ2) is 5.73. The number of nitrogens with one attached hydrogen (secondary N) is 2. The smallest absolute Gasteiger partial charge is 0.747 e. The average molecular weight is 278 g/mol. The summed E-state index contributed by atoms with van der Waals surface area (Å²) >= 11 is 4.94. The van der Waals surface area contributed by atoms with Gasteiger partial charge in [-0.1, -0.05) is 27.2 Å². The van der Waals surface area contributed by atoms with E-state index >= 15 is 0 Å². The number of rotatable bonds is 1. The molecule has 6 heteroatoms. The summed E-state index contributed by atoms with van der Waals surface area (Å²) in [5.41, 5.74) is -1.56. The van der Waals surface area contributed by atoms with E-state index in [1.165, 1.54) is 0 Å². The molecule has 2 fully saturated rings. The molecule has 2 N–H and O–H groups in total. The zero-order valence-electron chi connectivity index (χ0n) is 11.4. The molecule has 2 aliphatic rings. The summed E-state index contributed by atoms with van der Waals surface area (Å²) in [4.78, 5) is 24.7. The van der Waals surface area contributed by atoms with Gasteiger partial charge in [0.05, 0.1) is 0 Å². The predicted molar refractivity (Wildman–Crippen MR) is 66.6 cm³/mol. The fraction of sp³-hybridized carbons (Fsp3) is 0.833. The van der Waals surface area contributed by atoms with Gasteiger partial charge < -0.3 is 23.3 Å². The van der Waals surface area contributed by atoms with Crippen molar-refractivity contribution in [2.24, 2.45) is 23.2 Å². The van der Waals surface area contributed by atoms with E-state index in [9.17, 15) is 9.59 Å². The third kappa shape index (κ3) is 2.13. The van der Waals surface area contributed by atoms with Crippen LogP contribution in [0.5, 0.6) is 0 Å². The fourth-order valence-corrected chi connectivity index (χ4v) is 4.06. The molecule has 2 amide bonds. The van der Waals surface area contributed by atoms with Crippen LogP contribution in [0.25, 0.3) is 0 Å². The van der Waals surface area contributed by atoms with E-state index in [4.69, 9.17) is 12.6 Å². The van der Waals surface area contributed by atoms with Crippen molar-refractivity contribution in [2.75, 3.05) is 0 Å². The number of amides is 2. The van der Waals surface area contributed by atoms with Gasteiger partial charge in [0.15, 0.2) is 0 Å². The van der Waals surface area contributed by atoms with Gasteiger partial charge in [0, 0.05) is 0 Å². The van der Waals surface area contributed by atoms with Gasteiger partial charge in [-0.2, -0.15) is 0 Å². The molecule has 96 valence electrons. The first kappa shape index (κ1) is 16.3. The second-order valence-corrected chi connectivity index (χ2v) is 5.80. The Hall–Kier alpha value is 0.290. The molecule has 2 rings (SSSR count). The molecule has 1 saturated heterocycles. The zero-order valence-corrected chi connectivity index (χ0v) is 14.3. The second-order valence-electron chi connectivity index (χ2n) is 5.32. The Morgan fingerprint density at radius 2 is 1.78 bits per heavy atom. The number of carbonyl (C=O) groups is 2. The maximum Gasteiger partial charge on any atom is 1.00 e. The van der Waals surface area contributed by atoms with E-state index in [0.29, 0.717) is 5.92 Å². The minimum absolute atomic E-state index is 0. The van der Waals surface area contributed by atoms with Crippen LogP contribution in [-0.4, -0.2) is 17.3 Å². The van der Waals surface area contributed by atoms with E-state index < -0.39 is 10.9 Å². The maximum absolute atomic E-state index is 12.3. The van der Waals surface area contributed by atoms with Crippen LogP contribution in [0, 0.1) is 23.2 Å². The van der Waals surface area contributed by atoms with Crippen molar-refractivity contribution in [3.05, 3.63) is 0 Å². The van der Waals surface area contributed by atoms with Gasteiger partial charge in [-0.25, -0.2) is 0 Å². The summed E-state index contributed by atoms with van der Waals surface area (Å²) < 4.78 is 0. The SMILES string of the molecule is CCC1C(C)CC(C)C12C(=O)NC([S-])NC2=O.[Na+]. The molecule has 18 heavy (non-hydrogen) atoms. The first-order valence-corrected chi connectivity index (χ1v) is 6.69. The van der Waals surface area contributed by atoms with Crippen molar-refractivity contribution < 1.29 is 39.1 Å². The van der Waals surface area contributed by atoms with Gasteiger partial charge in [0.1, 0.15) is 5.41 Å². The molecule has 0 aromatic heterocycles. The van der Waals surface area contributed by atoms with Crippen molar-refractivity contribution in [2.45, 2.75) is 39.1 Å². The largest absolute Gasteiger partial charge is 1.00 e. The number of carbonyl (C=O) groups excluding carboxylic acids is 2. The Balaban J connectivity index is 0.00000162. The number of hydrogen-bond donors (Lipinski definition) is 2. The standard InChI is InChI=1S/C12H20N2O2S.Na/c1-4-8-6(2)5-7(3)12(8)9(15)13-11(17)14-10(12)16;/h6-8,11,17H,4-5H2,1-3H3,(H,13,15)(H,14,16);/q;+1/p-1. The molecular formula is C12H19N2NaO2S. The van der Waals surface area contributed by atoms with Crippen LogP contribution >= 0.6 is 0 Å². The van der Waals surface area contributed by atoms with Crippen molar-refractivity contribution in [1.82, 2.24) is 10.6 Å². The van der Waals surface area contributed by atoms with Crippen LogP contribution in [0.1, 0.15) is 33.6 Å². The van der Waals surface area contributed by atoms with E-state index in [0.717, 1.165) is 12.8 Å². The summed E-state index contributed by atoms with van der Waals surface area (Å²) in [6.07, 6.45) is 1.76. The quantitative estimate of drug-likeness (QED) is 0.324. The van der Waals surface area contributed by atoms with Gasteiger partial charge in [-0.15, -0.1) is 0 Å². The van der Waals surface area contributed by atoms with Gasteiger partial charge in [0.2, 0.25) is 11.8 Å². The van der Waals surface area contributed by atoms with Crippen LogP contribution in [0.4, 0.5) is 0 Å². The molecule has 4 nitrogen and oxygen atoms in total. The third-order valence-electron chi connectivity index (χ3n) is 4.49. The molecule has 0 bridgehead atoms. The molecule has 1 spiro atoms. The molecule has 1 aliphatic carbocycles. The molecule has 0 aromatic carbocycles. The Morgan fingerprint density at radius 1 is 1.28 bits per heavy atom. The molecule has 3 unspecified atom stereocenters. The summed E-state index contributed by atoms with van der Waals surface area (Å²) in [5.74, 6) is 0.230. The molecule has 3 atom stereocenters. The Kier molecular flexibility index (Phi) is 5.21. The molecule has 1 heterocycles. The van der Waals surface area contributed by atoms with Gasteiger partial charge >= 0.3 is 29.6 Å². The molecule has 0 aromatic rings. The Labute approximate surface area is 136 Å².